The molecule has 3 rings (SSSR count). The Morgan fingerprint density at radius 3 is 2.33 bits per heavy atom. The van der Waals surface area contributed by atoms with E-state index in [0.29, 0.717) is 0 Å². The molecule has 2 aromatic carbocycles. The molecule has 0 aromatic heterocycles. The zero-order chi connectivity index (χ0) is 17.1. The van der Waals surface area contributed by atoms with Gasteiger partial charge < -0.3 is 15.1 Å². The Balaban J connectivity index is 1.59. The fourth-order valence-corrected chi connectivity index (χ4v) is 3.21. The van der Waals surface area contributed by atoms with Crippen LogP contribution >= 0.6 is 15.9 Å². The van der Waals surface area contributed by atoms with Gasteiger partial charge in [0, 0.05) is 42.0 Å². The molecule has 0 unspecified atom stereocenters. The zero-order valence-corrected chi connectivity index (χ0v) is 15.6. The molecule has 5 heteroatoms. The molecule has 2 amide bonds. The van der Waals surface area contributed by atoms with Crippen LogP contribution in [0.5, 0.6) is 0 Å². The summed E-state index contributed by atoms with van der Waals surface area (Å²) in [6.07, 6.45) is 0. The van der Waals surface area contributed by atoms with E-state index in [0.717, 1.165) is 36.3 Å². The first-order valence-corrected chi connectivity index (χ1v) is 8.96. The fraction of sp³-hybridized carbons (Fsp3) is 0.316. The van der Waals surface area contributed by atoms with E-state index in [1.54, 1.807) is 0 Å². The van der Waals surface area contributed by atoms with E-state index in [1.165, 1.54) is 16.8 Å². The van der Waals surface area contributed by atoms with Gasteiger partial charge in [0.05, 0.1) is 0 Å². The molecule has 1 saturated heterocycles. The lowest BCUT2D eigenvalue weighted by Crippen LogP contribution is -2.50. The minimum atomic E-state index is -0.0297. The molecule has 0 saturated carbocycles. The van der Waals surface area contributed by atoms with Gasteiger partial charge in [-0.1, -0.05) is 28.1 Å². The van der Waals surface area contributed by atoms with Crippen LogP contribution in [0.3, 0.4) is 0 Å². The summed E-state index contributed by atoms with van der Waals surface area (Å²) in [4.78, 5) is 16.6. The predicted octanol–water partition coefficient (Wildman–Crippen LogP) is 4.42. The Kier molecular flexibility index (Phi) is 5.09. The predicted molar refractivity (Wildman–Crippen MR) is 103 cm³/mol. The van der Waals surface area contributed by atoms with Crippen molar-refractivity contribution in [3.8, 4) is 0 Å². The van der Waals surface area contributed by atoms with Crippen LogP contribution < -0.4 is 10.2 Å². The van der Waals surface area contributed by atoms with Crippen molar-refractivity contribution in [2.24, 2.45) is 0 Å². The van der Waals surface area contributed by atoms with Gasteiger partial charge in [-0.2, -0.15) is 0 Å². The van der Waals surface area contributed by atoms with E-state index in [4.69, 9.17) is 0 Å². The summed E-state index contributed by atoms with van der Waals surface area (Å²) in [6, 6.07) is 14.1. The molecule has 0 atom stereocenters. The number of nitrogens with one attached hydrogen (secondary N) is 1. The van der Waals surface area contributed by atoms with Gasteiger partial charge in [0.25, 0.3) is 0 Å². The lowest BCUT2D eigenvalue weighted by atomic mass is 10.1. The van der Waals surface area contributed by atoms with Crippen molar-refractivity contribution in [2.75, 3.05) is 36.4 Å². The highest BCUT2D eigenvalue weighted by Gasteiger charge is 2.22. The number of hydrogen-bond donors (Lipinski definition) is 1. The van der Waals surface area contributed by atoms with E-state index in [1.807, 2.05) is 29.2 Å². The third kappa shape index (κ3) is 3.90. The van der Waals surface area contributed by atoms with Crippen LogP contribution in [0.15, 0.2) is 46.9 Å². The van der Waals surface area contributed by atoms with Crippen LogP contribution in [-0.4, -0.2) is 37.1 Å². The van der Waals surface area contributed by atoms with Crippen molar-refractivity contribution in [1.29, 1.82) is 0 Å². The number of piperazine rings is 1. The first kappa shape index (κ1) is 16.8. The number of aryl methyl sites for hydroxylation is 2. The van der Waals surface area contributed by atoms with Crippen LogP contribution in [-0.2, 0) is 0 Å². The molecule has 1 fully saturated rings. The monoisotopic (exact) mass is 387 g/mol. The molecule has 1 N–H and O–H groups in total. The molecule has 24 heavy (non-hydrogen) atoms. The van der Waals surface area contributed by atoms with Crippen LogP contribution in [0.1, 0.15) is 11.1 Å². The van der Waals surface area contributed by atoms with Crippen LogP contribution in [0, 0.1) is 13.8 Å². The van der Waals surface area contributed by atoms with Crippen molar-refractivity contribution in [3.63, 3.8) is 0 Å². The highest BCUT2D eigenvalue weighted by atomic mass is 79.9. The number of benzene rings is 2. The molecule has 126 valence electrons. The summed E-state index contributed by atoms with van der Waals surface area (Å²) in [5.41, 5.74) is 4.66. The summed E-state index contributed by atoms with van der Waals surface area (Å²) in [6.45, 7) is 7.44. The Morgan fingerprint density at radius 1 is 1.00 bits per heavy atom. The van der Waals surface area contributed by atoms with E-state index in [2.05, 4.69) is 58.2 Å². The Labute approximate surface area is 151 Å². The SMILES string of the molecule is Cc1ccc(C)c(N2CCN(C(=O)Nc3ccc(Br)cc3)CC2)c1. The smallest absolute Gasteiger partial charge is 0.321 e. The standard InChI is InChI=1S/C19H22BrN3O/c1-14-3-4-15(2)18(13-14)22-9-11-23(12-10-22)19(24)21-17-7-5-16(20)6-8-17/h3-8,13H,9-12H2,1-2H3,(H,21,24). The maximum Gasteiger partial charge on any atom is 0.321 e. The Hall–Kier alpha value is -2.01. The summed E-state index contributed by atoms with van der Waals surface area (Å²) in [7, 11) is 0. The largest absolute Gasteiger partial charge is 0.368 e. The van der Waals surface area contributed by atoms with Crippen LogP contribution in [0.4, 0.5) is 16.2 Å². The molecule has 1 aliphatic heterocycles. The number of carbonyl (C=O) groups is 1. The molecule has 0 aliphatic carbocycles. The topological polar surface area (TPSA) is 35.6 Å². The van der Waals surface area contributed by atoms with E-state index in [9.17, 15) is 4.79 Å². The van der Waals surface area contributed by atoms with Gasteiger partial charge in [-0.15, -0.1) is 0 Å². The molecule has 4 nitrogen and oxygen atoms in total. The number of nitrogens with zero attached hydrogens (tertiary/aromatic N) is 2. The van der Waals surface area contributed by atoms with Gasteiger partial charge in [0.2, 0.25) is 0 Å². The van der Waals surface area contributed by atoms with Crippen molar-refractivity contribution >= 4 is 33.3 Å². The zero-order valence-electron chi connectivity index (χ0n) is 14.1. The summed E-state index contributed by atoms with van der Waals surface area (Å²) in [5, 5.41) is 2.96. The highest BCUT2D eigenvalue weighted by Crippen LogP contribution is 2.23. The molecule has 0 bridgehead atoms. The quantitative estimate of drug-likeness (QED) is 0.827. The summed E-state index contributed by atoms with van der Waals surface area (Å²) < 4.78 is 1.00. The first-order chi connectivity index (χ1) is 11.5. The summed E-state index contributed by atoms with van der Waals surface area (Å²) >= 11 is 3.40. The highest BCUT2D eigenvalue weighted by molar-refractivity contribution is 9.10. The second-order valence-electron chi connectivity index (χ2n) is 6.20. The van der Waals surface area contributed by atoms with Gasteiger partial charge >= 0.3 is 6.03 Å². The van der Waals surface area contributed by atoms with Gasteiger partial charge in [-0.25, -0.2) is 4.79 Å². The molecule has 1 heterocycles. The molecule has 1 aliphatic rings. The van der Waals surface area contributed by atoms with Crippen LogP contribution in [0.2, 0.25) is 0 Å². The molecular formula is C19H22BrN3O. The molecular weight excluding hydrogens is 366 g/mol. The molecule has 0 radical (unpaired) electrons. The number of rotatable bonds is 2. The lowest BCUT2D eigenvalue weighted by molar-refractivity contribution is 0.208. The van der Waals surface area contributed by atoms with Crippen molar-refractivity contribution in [3.05, 3.63) is 58.1 Å². The van der Waals surface area contributed by atoms with E-state index >= 15 is 0 Å². The van der Waals surface area contributed by atoms with Gasteiger partial charge in [0.1, 0.15) is 0 Å². The van der Waals surface area contributed by atoms with Crippen LogP contribution in [0.25, 0.3) is 0 Å². The average molecular weight is 388 g/mol. The second kappa shape index (κ2) is 7.26. The third-order valence-electron chi connectivity index (χ3n) is 4.37. The maximum absolute atomic E-state index is 12.4. The van der Waals surface area contributed by atoms with Gasteiger partial charge in [-0.3, -0.25) is 0 Å². The van der Waals surface area contributed by atoms with Crippen molar-refractivity contribution in [1.82, 2.24) is 4.90 Å². The third-order valence-corrected chi connectivity index (χ3v) is 4.90. The number of amides is 2. The molecule has 0 spiro atoms. The number of carbonyl (C=O) groups excluding carboxylic acids is 1. The molecule has 2 aromatic rings. The Bertz CT molecular complexity index is 722. The van der Waals surface area contributed by atoms with Crippen molar-refractivity contribution < 1.29 is 4.79 Å². The minimum absolute atomic E-state index is 0.0297. The number of hydrogen-bond acceptors (Lipinski definition) is 2. The van der Waals surface area contributed by atoms with Gasteiger partial charge in [-0.05, 0) is 55.3 Å². The Morgan fingerprint density at radius 2 is 1.67 bits per heavy atom. The average Bonchev–Trinajstić information content (AvgIpc) is 2.59. The minimum Gasteiger partial charge on any atom is -0.368 e. The normalized spacial score (nSPS) is 14.6. The fourth-order valence-electron chi connectivity index (χ4n) is 2.95. The number of anilines is 2. The van der Waals surface area contributed by atoms with Gasteiger partial charge in [0.15, 0.2) is 0 Å². The van der Waals surface area contributed by atoms with E-state index in [-0.39, 0.29) is 6.03 Å². The number of halogens is 1. The first-order valence-electron chi connectivity index (χ1n) is 8.16. The van der Waals surface area contributed by atoms with E-state index < -0.39 is 0 Å². The summed E-state index contributed by atoms with van der Waals surface area (Å²) in [5.74, 6) is 0. The maximum atomic E-state index is 12.4. The second-order valence-corrected chi connectivity index (χ2v) is 7.12. The number of urea groups is 1. The van der Waals surface area contributed by atoms with Crippen molar-refractivity contribution in [2.45, 2.75) is 13.8 Å². The lowest BCUT2D eigenvalue weighted by Gasteiger charge is -2.36.